The van der Waals surface area contributed by atoms with Crippen LogP contribution >= 0.6 is 11.3 Å². The highest BCUT2D eigenvalue weighted by molar-refractivity contribution is 7.16. The van der Waals surface area contributed by atoms with Crippen molar-refractivity contribution in [2.45, 2.75) is 39.2 Å². The molecule has 0 spiro atoms. The molecule has 0 aliphatic carbocycles. The smallest absolute Gasteiger partial charge is 0.341 e. The van der Waals surface area contributed by atoms with E-state index in [0.717, 1.165) is 42.1 Å². The van der Waals surface area contributed by atoms with Crippen LogP contribution in [0.4, 0.5) is 5.00 Å². The number of esters is 1. The van der Waals surface area contributed by atoms with Gasteiger partial charge in [0, 0.05) is 11.5 Å². The third-order valence-corrected chi connectivity index (χ3v) is 6.47. The summed E-state index contributed by atoms with van der Waals surface area (Å²) < 4.78 is 10.6. The van der Waals surface area contributed by atoms with Crippen LogP contribution in [0.3, 0.4) is 0 Å². The fraction of sp³-hybridized carbons (Fsp3) is 0.650. The molecule has 8 nitrogen and oxygen atoms in total. The Bertz CT molecular complexity index is 736. The van der Waals surface area contributed by atoms with Crippen molar-refractivity contribution in [2.75, 3.05) is 51.3 Å². The lowest BCUT2D eigenvalue weighted by Gasteiger charge is -2.33. The molecule has 160 valence electrons. The SMILES string of the molecule is CCOC(=O)c1cc(CC)sc1NC(=O)C[NH+]1CCN(C(=O)[C@@H]2CCCO2)CC1. The fourth-order valence-corrected chi connectivity index (χ4v) is 4.66. The molecule has 0 aromatic carbocycles. The molecule has 2 saturated heterocycles. The van der Waals surface area contributed by atoms with Gasteiger partial charge in [-0.3, -0.25) is 9.59 Å². The van der Waals surface area contributed by atoms with E-state index < -0.39 is 5.97 Å². The van der Waals surface area contributed by atoms with Gasteiger partial charge >= 0.3 is 5.97 Å². The maximum absolute atomic E-state index is 12.6. The standard InChI is InChI=1S/C20H29N3O5S/c1-3-14-12-15(20(26)27-4-2)18(29-14)21-17(24)13-22-7-9-23(10-8-22)19(25)16-6-5-11-28-16/h12,16H,3-11,13H2,1-2H3,(H,21,24)/p+1/t16-/m0/s1. The number of carbonyl (C=O) groups excluding carboxylic acids is 3. The van der Waals surface area contributed by atoms with E-state index in [2.05, 4.69) is 5.32 Å². The minimum atomic E-state index is -0.410. The highest BCUT2D eigenvalue weighted by atomic mass is 32.1. The highest BCUT2D eigenvalue weighted by Gasteiger charge is 2.32. The van der Waals surface area contributed by atoms with E-state index in [-0.39, 0.29) is 17.9 Å². The van der Waals surface area contributed by atoms with Crippen LogP contribution in [0.5, 0.6) is 0 Å². The first-order valence-electron chi connectivity index (χ1n) is 10.4. The lowest BCUT2D eigenvalue weighted by atomic mass is 10.2. The second kappa shape index (κ2) is 10.2. The molecule has 9 heteroatoms. The number of ether oxygens (including phenoxy) is 2. The molecular weight excluding hydrogens is 394 g/mol. The van der Waals surface area contributed by atoms with Gasteiger partial charge in [0.1, 0.15) is 11.1 Å². The van der Waals surface area contributed by atoms with Gasteiger partial charge in [0.25, 0.3) is 11.8 Å². The second-order valence-electron chi connectivity index (χ2n) is 7.33. The average Bonchev–Trinajstić information content (AvgIpc) is 3.38. The molecule has 3 rings (SSSR count). The molecule has 0 unspecified atom stereocenters. The largest absolute Gasteiger partial charge is 0.462 e. The van der Waals surface area contributed by atoms with E-state index in [1.165, 1.54) is 11.3 Å². The molecule has 2 aliphatic rings. The van der Waals surface area contributed by atoms with Gasteiger partial charge in [0.15, 0.2) is 6.54 Å². The predicted molar refractivity (Wildman–Crippen MR) is 109 cm³/mol. The van der Waals surface area contributed by atoms with Crippen LogP contribution in [0.25, 0.3) is 0 Å². The third-order valence-electron chi connectivity index (χ3n) is 5.28. The highest BCUT2D eigenvalue weighted by Crippen LogP contribution is 2.29. The Balaban J connectivity index is 1.51. The van der Waals surface area contributed by atoms with Crippen molar-refractivity contribution in [1.82, 2.24) is 4.90 Å². The Morgan fingerprint density at radius 3 is 2.69 bits per heavy atom. The second-order valence-corrected chi connectivity index (χ2v) is 8.47. The van der Waals surface area contributed by atoms with Crippen LogP contribution in [0.1, 0.15) is 41.9 Å². The van der Waals surface area contributed by atoms with Crippen LogP contribution < -0.4 is 10.2 Å². The van der Waals surface area contributed by atoms with Gasteiger partial charge in [-0.15, -0.1) is 11.3 Å². The number of carbonyl (C=O) groups is 3. The molecule has 2 fully saturated rings. The molecule has 1 atom stereocenters. The van der Waals surface area contributed by atoms with Gasteiger partial charge < -0.3 is 24.6 Å². The fourth-order valence-electron chi connectivity index (χ4n) is 3.66. The molecule has 3 heterocycles. The van der Waals surface area contributed by atoms with Gasteiger partial charge in [-0.2, -0.15) is 0 Å². The Kier molecular flexibility index (Phi) is 7.63. The van der Waals surface area contributed by atoms with Crippen LogP contribution in [0, 0.1) is 0 Å². The molecule has 2 N–H and O–H groups in total. The Hall–Kier alpha value is -1.97. The maximum atomic E-state index is 12.6. The number of hydrogen-bond acceptors (Lipinski definition) is 6. The summed E-state index contributed by atoms with van der Waals surface area (Å²) in [6, 6.07) is 1.79. The minimum Gasteiger partial charge on any atom is -0.462 e. The number of rotatable bonds is 7. The molecule has 1 aromatic rings. The average molecular weight is 425 g/mol. The van der Waals surface area contributed by atoms with E-state index in [1.807, 2.05) is 11.8 Å². The van der Waals surface area contributed by atoms with Crippen LogP contribution in [0.2, 0.25) is 0 Å². The number of quaternary nitrogens is 1. The van der Waals surface area contributed by atoms with Gasteiger partial charge in [-0.05, 0) is 32.3 Å². The number of aryl methyl sites for hydroxylation is 1. The summed E-state index contributed by atoms with van der Waals surface area (Å²) in [6.07, 6.45) is 2.25. The van der Waals surface area contributed by atoms with E-state index in [1.54, 1.807) is 13.0 Å². The number of anilines is 1. The van der Waals surface area contributed by atoms with E-state index in [9.17, 15) is 14.4 Å². The first-order chi connectivity index (χ1) is 14.0. The number of piperazine rings is 1. The van der Waals surface area contributed by atoms with Crippen LogP contribution in [-0.4, -0.2) is 74.7 Å². The minimum absolute atomic E-state index is 0.0794. The van der Waals surface area contributed by atoms with Crippen molar-refractivity contribution in [1.29, 1.82) is 0 Å². The summed E-state index contributed by atoms with van der Waals surface area (Å²) in [7, 11) is 0. The number of thiophene rings is 1. The van der Waals surface area contributed by atoms with Crippen molar-refractivity contribution in [3.8, 4) is 0 Å². The van der Waals surface area contributed by atoms with E-state index in [0.29, 0.717) is 43.4 Å². The van der Waals surface area contributed by atoms with Crippen molar-refractivity contribution >= 4 is 34.1 Å². The molecule has 0 radical (unpaired) electrons. The third kappa shape index (κ3) is 5.55. The topological polar surface area (TPSA) is 89.4 Å². The van der Waals surface area contributed by atoms with Crippen molar-refractivity contribution < 1.29 is 28.8 Å². The van der Waals surface area contributed by atoms with Gasteiger partial charge in [-0.25, -0.2) is 4.79 Å². The van der Waals surface area contributed by atoms with E-state index in [4.69, 9.17) is 9.47 Å². The summed E-state index contributed by atoms with van der Waals surface area (Å²) >= 11 is 1.41. The zero-order valence-electron chi connectivity index (χ0n) is 17.1. The summed E-state index contributed by atoms with van der Waals surface area (Å²) in [6.45, 7) is 7.75. The first-order valence-corrected chi connectivity index (χ1v) is 11.2. The summed E-state index contributed by atoms with van der Waals surface area (Å²) in [5.74, 6) is -0.461. The number of hydrogen-bond donors (Lipinski definition) is 2. The predicted octanol–water partition coefficient (Wildman–Crippen LogP) is 0.332. The van der Waals surface area contributed by atoms with Crippen molar-refractivity contribution in [3.63, 3.8) is 0 Å². The van der Waals surface area contributed by atoms with E-state index >= 15 is 0 Å². The summed E-state index contributed by atoms with van der Waals surface area (Å²) in [4.78, 5) is 41.1. The molecule has 0 saturated carbocycles. The van der Waals surface area contributed by atoms with Crippen LogP contribution in [0.15, 0.2) is 6.07 Å². The lowest BCUT2D eigenvalue weighted by Crippen LogP contribution is -3.15. The Morgan fingerprint density at radius 2 is 2.07 bits per heavy atom. The Labute approximate surface area is 175 Å². The monoisotopic (exact) mass is 424 g/mol. The zero-order chi connectivity index (χ0) is 20.8. The molecule has 0 bridgehead atoms. The van der Waals surface area contributed by atoms with Gasteiger partial charge in [0.05, 0.1) is 38.3 Å². The molecule has 29 heavy (non-hydrogen) atoms. The summed E-state index contributed by atoms with van der Waals surface area (Å²) in [5.41, 5.74) is 0.420. The molecule has 1 aromatic heterocycles. The number of nitrogens with zero attached hydrogens (tertiary/aromatic N) is 1. The normalized spacial score (nSPS) is 19.9. The molecular formula is C20H30N3O5S+. The van der Waals surface area contributed by atoms with Gasteiger partial charge in [-0.1, -0.05) is 6.92 Å². The number of amides is 2. The van der Waals surface area contributed by atoms with Crippen molar-refractivity contribution in [3.05, 3.63) is 16.5 Å². The first kappa shape index (κ1) is 21.7. The van der Waals surface area contributed by atoms with Crippen molar-refractivity contribution in [2.24, 2.45) is 0 Å². The zero-order valence-corrected chi connectivity index (χ0v) is 17.9. The lowest BCUT2D eigenvalue weighted by molar-refractivity contribution is -0.895. The molecule has 2 aliphatic heterocycles. The summed E-state index contributed by atoms with van der Waals surface area (Å²) in [5, 5.41) is 3.44. The quantitative estimate of drug-likeness (QED) is 0.616. The van der Waals surface area contributed by atoms with Crippen LogP contribution in [-0.2, 0) is 25.5 Å². The Morgan fingerprint density at radius 1 is 1.31 bits per heavy atom. The molecule has 2 amide bonds. The number of nitrogens with one attached hydrogen (secondary N) is 2. The maximum Gasteiger partial charge on any atom is 0.341 e. The van der Waals surface area contributed by atoms with Gasteiger partial charge in [0.2, 0.25) is 0 Å².